The molecule has 0 spiro atoms. The van der Waals surface area contributed by atoms with Crippen LogP contribution in [-0.4, -0.2) is 46.7 Å². The van der Waals surface area contributed by atoms with Crippen LogP contribution in [0.5, 0.6) is 0 Å². The van der Waals surface area contributed by atoms with Gasteiger partial charge in [-0.15, -0.1) is 0 Å². The third-order valence-electron chi connectivity index (χ3n) is 5.45. The highest BCUT2D eigenvalue weighted by atomic mass is 19.3. The summed E-state index contributed by atoms with van der Waals surface area (Å²) < 4.78 is 30.0. The van der Waals surface area contributed by atoms with E-state index in [1.54, 1.807) is 12.1 Å². The molecule has 2 heterocycles. The van der Waals surface area contributed by atoms with Crippen molar-refractivity contribution >= 4 is 11.8 Å². The van der Waals surface area contributed by atoms with E-state index >= 15 is 8.78 Å². The van der Waals surface area contributed by atoms with Gasteiger partial charge in [-0.1, -0.05) is 49.4 Å². The van der Waals surface area contributed by atoms with Crippen molar-refractivity contribution in [3.63, 3.8) is 0 Å². The Balaban J connectivity index is 1.64. The van der Waals surface area contributed by atoms with Crippen molar-refractivity contribution < 1.29 is 18.4 Å². The average Bonchev–Trinajstić information content (AvgIpc) is 2.90. The molecule has 2 atom stereocenters. The highest BCUT2D eigenvalue weighted by molar-refractivity contribution is 6.21. The standard InChI is InChI=1S/C21H20F2N2O2/c1-14-11-24(12-15-7-3-2-4-8-15)13-18(21(14,22)23)25-19(26)16-9-5-6-10-17(16)20(25)27/h2-10,14,18H,11-13H2,1H3. The molecule has 0 N–H and O–H groups in total. The zero-order valence-electron chi connectivity index (χ0n) is 14.9. The molecule has 4 rings (SSSR count). The number of rotatable bonds is 3. The molecule has 0 aliphatic carbocycles. The van der Waals surface area contributed by atoms with E-state index in [1.807, 2.05) is 35.2 Å². The fraction of sp³-hybridized carbons (Fsp3) is 0.333. The minimum Gasteiger partial charge on any atom is -0.296 e. The van der Waals surface area contributed by atoms with Gasteiger partial charge in [0.05, 0.1) is 11.1 Å². The molecule has 2 aromatic carbocycles. The second kappa shape index (κ2) is 6.53. The van der Waals surface area contributed by atoms with Crippen molar-refractivity contribution in [2.45, 2.75) is 25.4 Å². The Morgan fingerprint density at radius 2 is 1.48 bits per heavy atom. The van der Waals surface area contributed by atoms with Crippen LogP contribution in [0.3, 0.4) is 0 Å². The van der Waals surface area contributed by atoms with Crippen molar-refractivity contribution in [3.05, 3.63) is 71.3 Å². The van der Waals surface area contributed by atoms with E-state index in [0.717, 1.165) is 10.5 Å². The Hall–Kier alpha value is -2.60. The molecular weight excluding hydrogens is 350 g/mol. The number of alkyl halides is 2. The molecular formula is C21H20F2N2O2. The van der Waals surface area contributed by atoms with E-state index < -0.39 is 29.7 Å². The highest BCUT2D eigenvalue weighted by Crippen LogP contribution is 2.39. The minimum atomic E-state index is -3.14. The van der Waals surface area contributed by atoms with Gasteiger partial charge in [0.15, 0.2) is 0 Å². The van der Waals surface area contributed by atoms with Crippen LogP contribution >= 0.6 is 0 Å². The minimum absolute atomic E-state index is 0.0439. The van der Waals surface area contributed by atoms with Gasteiger partial charge in [0.25, 0.3) is 17.7 Å². The number of carbonyl (C=O) groups excluding carboxylic acids is 2. The Labute approximate surface area is 156 Å². The van der Waals surface area contributed by atoms with Crippen LogP contribution in [0.15, 0.2) is 54.6 Å². The molecule has 2 unspecified atom stereocenters. The number of piperidine rings is 1. The number of fused-ring (bicyclic) bond motifs is 1. The molecule has 2 aliphatic rings. The van der Waals surface area contributed by atoms with Crippen LogP contribution in [0, 0.1) is 5.92 Å². The van der Waals surface area contributed by atoms with E-state index in [0.29, 0.717) is 6.54 Å². The smallest absolute Gasteiger partial charge is 0.273 e. The van der Waals surface area contributed by atoms with E-state index in [9.17, 15) is 9.59 Å². The maximum atomic E-state index is 15.0. The molecule has 0 bridgehead atoms. The SMILES string of the molecule is CC1CN(Cc2ccccc2)CC(N2C(=O)c3ccccc3C2=O)C1(F)F. The molecule has 140 valence electrons. The number of nitrogens with zero attached hydrogens (tertiary/aromatic N) is 2. The predicted molar refractivity (Wildman–Crippen MR) is 96.6 cm³/mol. The molecule has 2 aliphatic heterocycles. The fourth-order valence-electron chi connectivity index (χ4n) is 3.99. The lowest BCUT2D eigenvalue weighted by atomic mass is 9.89. The van der Waals surface area contributed by atoms with Gasteiger partial charge in [0.2, 0.25) is 0 Å². The van der Waals surface area contributed by atoms with Gasteiger partial charge >= 0.3 is 0 Å². The predicted octanol–water partition coefficient (Wildman–Crippen LogP) is 3.44. The molecule has 2 aromatic rings. The van der Waals surface area contributed by atoms with E-state index in [4.69, 9.17) is 0 Å². The Morgan fingerprint density at radius 3 is 2.07 bits per heavy atom. The van der Waals surface area contributed by atoms with Gasteiger partial charge in [0.1, 0.15) is 6.04 Å². The topological polar surface area (TPSA) is 40.6 Å². The van der Waals surface area contributed by atoms with Crippen molar-refractivity contribution in [2.24, 2.45) is 5.92 Å². The fourth-order valence-corrected chi connectivity index (χ4v) is 3.99. The molecule has 0 saturated carbocycles. The average molecular weight is 370 g/mol. The Kier molecular flexibility index (Phi) is 4.30. The number of imide groups is 1. The first kappa shape index (κ1) is 17.8. The molecule has 1 saturated heterocycles. The zero-order valence-corrected chi connectivity index (χ0v) is 14.9. The molecule has 0 aromatic heterocycles. The lowest BCUT2D eigenvalue weighted by molar-refractivity contribution is -0.143. The maximum Gasteiger partial charge on any atom is 0.273 e. The van der Waals surface area contributed by atoms with Gasteiger partial charge in [-0.05, 0) is 17.7 Å². The van der Waals surface area contributed by atoms with Gasteiger partial charge < -0.3 is 0 Å². The second-order valence-corrected chi connectivity index (χ2v) is 7.30. The molecule has 27 heavy (non-hydrogen) atoms. The van der Waals surface area contributed by atoms with Gasteiger partial charge in [-0.2, -0.15) is 0 Å². The summed E-state index contributed by atoms with van der Waals surface area (Å²) in [5.74, 6) is -5.37. The summed E-state index contributed by atoms with van der Waals surface area (Å²) in [6, 6.07) is 14.4. The Morgan fingerprint density at radius 1 is 0.926 bits per heavy atom. The van der Waals surface area contributed by atoms with Crippen LogP contribution in [0.4, 0.5) is 8.78 Å². The monoisotopic (exact) mass is 370 g/mol. The largest absolute Gasteiger partial charge is 0.296 e. The van der Waals surface area contributed by atoms with Crippen molar-refractivity contribution in [1.29, 1.82) is 0 Å². The van der Waals surface area contributed by atoms with Crippen LogP contribution < -0.4 is 0 Å². The van der Waals surface area contributed by atoms with Crippen LogP contribution in [0.1, 0.15) is 33.2 Å². The number of halogens is 2. The summed E-state index contributed by atoms with van der Waals surface area (Å²) in [5.41, 5.74) is 1.41. The Bertz CT molecular complexity index is 850. The van der Waals surface area contributed by atoms with Crippen LogP contribution in [0.25, 0.3) is 0 Å². The van der Waals surface area contributed by atoms with E-state index in [-0.39, 0.29) is 24.2 Å². The summed E-state index contributed by atoms with van der Waals surface area (Å²) in [6.45, 7) is 2.14. The highest BCUT2D eigenvalue weighted by Gasteiger charge is 2.56. The van der Waals surface area contributed by atoms with Crippen molar-refractivity contribution in [3.8, 4) is 0 Å². The lowest BCUT2D eigenvalue weighted by Gasteiger charge is -2.45. The normalized spacial score (nSPS) is 24.9. The molecule has 0 radical (unpaired) electrons. The molecule has 6 heteroatoms. The summed E-state index contributed by atoms with van der Waals surface area (Å²) >= 11 is 0. The number of likely N-dealkylation sites (tertiary alicyclic amines) is 1. The van der Waals surface area contributed by atoms with Gasteiger partial charge in [0, 0.05) is 25.6 Å². The van der Waals surface area contributed by atoms with E-state index in [1.165, 1.54) is 19.1 Å². The second-order valence-electron chi connectivity index (χ2n) is 7.30. The number of benzene rings is 2. The first-order valence-corrected chi connectivity index (χ1v) is 9.00. The van der Waals surface area contributed by atoms with Gasteiger partial charge in [-0.25, -0.2) is 8.78 Å². The third kappa shape index (κ3) is 2.94. The molecule has 4 nitrogen and oxygen atoms in total. The lowest BCUT2D eigenvalue weighted by Crippen LogP contribution is -2.63. The van der Waals surface area contributed by atoms with E-state index in [2.05, 4.69) is 0 Å². The summed E-state index contributed by atoms with van der Waals surface area (Å²) in [4.78, 5) is 28.1. The summed E-state index contributed by atoms with van der Waals surface area (Å²) in [7, 11) is 0. The van der Waals surface area contributed by atoms with Crippen molar-refractivity contribution in [1.82, 2.24) is 9.80 Å². The number of hydrogen-bond acceptors (Lipinski definition) is 3. The molecule has 2 amide bonds. The summed E-state index contributed by atoms with van der Waals surface area (Å²) in [6.07, 6.45) is 0. The number of amides is 2. The zero-order chi connectivity index (χ0) is 19.2. The quantitative estimate of drug-likeness (QED) is 0.777. The first-order valence-electron chi connectivity index (χ1n) is 9.00. The number of hydrogen-bond donors (Lipinski definition) is 0. The third-order valence-corrected chi connectivity index (χ3v) is 5.45. The summed E-state index contributed by atoms with van der Waals surface area (Å²) in [5, 5.41) is 0. The van der Waals surface area contributed by atoms with Gasteiger partial charge in [-0.3, -0.25) is 19.4 Å². The van der Waals surface area contributed by atoms with Crippen molar-refractivity contribution in [2.75, 3.05) is 13.1 Å². The van der Waals surface area contributed by atoms with Crippen LogP contribution in [-0.2, 0) is 6.54 Å². The number of carbonyl (C=O) groups is 2. The first-order chi connectivity index (χ1) is 12.9. The van der Waals surface area contributed by atoms with Crippen LogP contribution in [0.2, 0.25) is 0 Å². The molecule has 1 fully saturated rings. The maximum absolute atomic E-state index is 15.0.